The minimum Gasteiger partial charge on any atom is -0.481 e. The second kappa shape index (κ2) is 7.99. The quantitative estimate of drug-likeness (QED) is 0.646. The summed E-state index contributed by atoms with van der Waals surface area (Å²) in [5, 5.41) is 14.4. The fraction of sp³-hybridized carbons (Fsp3) is 0.846. The first-order chi connectivity index (χ1) is 8.61. The zero-order valence-corrected chi connectivity index (χ0v) is 12.6. The molecule has 0 aromatic carbocycles. The van der Waals surface area contributed by atoms with Gasteiger partial charge in [-0.2, -0.15) is 0 Å². The van der Waals surface area contributed by atoms with Crippen molar-refractivity contribution in [3.63, 3.8) is 0 Å². The summed E-state index contributed by atoms with van der Waals surface area (Å²) < 4.78 is 0. The molecule has 0 saturated heterocycles. The van der Waals surface area contributed by atoms with Crippen LogP contribution < -0.4 is 10.6 Å². The van der Waals surface area contributed by atoms with Crippen LogP contribution in [0.4, 0.5) is 4.79 Å². The summed E-state index contributed by atoms with van der Waals surface area (Å²) in [4.78, 5) is 24.6. The van der Waals surface area contributed by atoms with Gasteiger partial charge in [0.05, 0.1) is 5.92 Å². The SMILES string of the molecule is CN(C)CCNC(=O)NCC(CC(C)(C)C)C(=O)O. The molecule has 3 N–H and O–H groups in total. The molecule has 19 heavy (non-hydrogen) atoms. The molecule has 6 heteroatoms. The highest BCUT2D eigenvalue weighted by molar-refractivity contribution is 5.75. The molecule has 0 aromatic rings. The van der Waals surface area contributed by atoms with Crippen LogP contribution in [0, 0.1) is 11.3 Å². The highest BCUT2D eigenvalue weighted by Gasteiger charge is 2.24. The Bertz CT molecular complexity index is 298. The summed E-state index contributed by atoms with van der Waals surface area (Å²) in [5.74, 6) is -1.43. The van der Waals surface area contributed by atoms with Gasteiger partial charge in [-0.25, -0.2) is 4.79 Å². The number of nitrogens with zero attached hydrogens (tertiary/aromatic N) is 1. The van der Waals surface area contributed by atoms with Gasteiger partial charge in [0, 0.05) is 19.6 Å². The zero-order valence-electron chi connectivity index (χ0n) is 12.6. The Morgan fingerprint density at radius 1 is 1.21 bits per heavy atom. The molecular formula is C13H27N3O3. The molecule has 1 atom stereocenters. The van der Waals surface area contributed by atoms with E-state index in [1.807, 2.05) is 39.8 Å². The Morgan fingerprint density at radius 3 is 2.21 bits per heavy atom. The van der Waals surface area contributed by atoms with Crippen LogP contribution in [0.25, 0.3) is 0 Å². The number of amides is 2. The summed E-state index contributed by atoms with van der Waals surface area (Å²) in [6.07, 6.45) is 0.528. The van der Waals surface area contributed by atoms with Crippen LogP contribution in [0.15, 0.2) is 0 Å². The highest BCUT2D eigenvalue weighted by Crippen LogP contribution is 2.24. The van der Waals surface area contributed by atoms with Gasteiger partial charge in [0.2, 0.25) is 0 Å². The number of hydrogen-bond donors (Lipinski definition) is 3. The van der Waals surface area contributed by atoms with E-state index in [2.05, 4.69) is 10.6 Å². The number of urea groups is 1. The fourth-order valence-corrected chi connectivity index (χ4v) is 1.66. The lowest BCUT2D eigenvalue weighted by Gasteiger charge is -2.23. The number of carbonyl (C=O) groups is 2. The fourth-order valence-electron chi connectivity index (χ4n) is 1.66. The van der Waals surface area contributed by atoms with E-state index in [0.29, 0.717) is 13.0 Å². The van der Waals surface area contributed by atoms with Gasteiger partial charge in [-0.1, -0.05) is 20.8 Å². The number of carboxylic acid groups (broad SMARTS) is 1. The summed E-state index contributed by atoms with van der Waals surface area (Å²) >= 11 is 0. The van der Waals surface area contributed by atoms with Gasteiger partial charge in [0.25, 0.3) is 0 Å². The number of rotatable bonds is 7. The van der Waals surface area contributed by atoms with E-state index >= 15 is 0 Å². The van der Waals surface area contributed by atoms with Crippen molar-refractivity contribution in [2.24, 2.45) is 11.3 Å². The van der Waals surface area contributed by atoms with Gasteiger partial charge in [0.15, 0.2) is 0 Å². The second-order valence-electron chi connectivity index (χ2n) is 6.24. The van der Waals surface area contributed by atoms with E-state index in [1.54, 1.807) is 0 Å². The summed E-state index contributed by atoms with van der Waals surface area (Å²) in [6.45, 7) is 7.40. The Labute approximate surface area is 115 Å². The third-order valence-corrected chi connectivity index (χ3v) is 2.56. The monoisotopic (exact) mass is 273 g/mol. The van der Waals surface area contributed by atoms with Gasteiger partial charge in [-0.15, -0.1) is 0 Å². The lowest BCUT2D eigenvalue weighted by Crippen LogP contribution is -2.42. The van der Waals surface area contributed by atoms with Gasteiger partial charge >= 0.3 is 12.0 Å². The average Bonchev–Trinajstić information content (AvgIpc) is 2.21. The maximum Gasteiger partial charge on any atom is 0.314 e. The van der Waals surface area contributed by atoms with Crippen LogP contribution in [0.1, 0.15) is 27.2 Å². The minimum atomic E-state index is -0.872. The van der Waals surface area contributed by atoms with Crippen LogP contribution >= 0.6 is 0 Å². The molecule has 0 spiro atoms. The number of hydrogen-bond acceptors (Lipinski definition) is 3. The van der Waals surface area contributed by atoms with E-state index in [1.165, 1.54) is 0 Å². The Morgan fingerprint density at radius 2 is 1.79 bits per heavy atom. The average molecular weight is 273 g/mol. The smallest absolute Gasteiger partial charge is 0.314 e. The standard InChI is InChI=1S/C13H27N3O3/c1-13(2,3)8-10(11(17)18)9-15-12(19)14-6-7-16(4)5/h10H,6-9H2,1-5H3,(H,17,18)(H2,14,15,19). The molecule has 0 aromatic heterocycles. The molecular weight excluding hydrogens is 246 g/mol. The van der Waals surface area contributed by atoms with E-state index in [-0.39, 0.29) is 18.0 Å². The Hall–Kier alpha value is -1.30. The highest BCUT2D eigenvalue weighted by atomic mass is 16.4. The van der Waals surface area contributed by atoms with Crippen LogP contribution in [-0.2, 0) is 4.79 Å². The first-order valence-electron chi connectivity index (χ1n) is 6.51. The van der Waals surface area contributed by atoms with Crippen molar-refractivity contribution in [2.45, 2.75) is 27.2 Å². The molecule has 0 aliphatic rings. The van der Waals surface area contributed by atoms with Crippen molar-refractivity contribution >= 4 is 12.0 Å². The van der Waals surface area contributed by atoms with E-state index in [4.69, 9.17) is 5.11 Å². The third kappa shape index (κ3) is 10.3. The first kappa shape index (κ1) is 17.7. The zero-order chi connectivity index (χ0) is 15.1. The van der Waals surface area contributed by atoms with Crippen molar-refractivity contribution in [1.29, 1.82) is 0 Å². The van der Waals surface area contributed by atoms with Crippen LogP contribution in [0.2, 0.25) is 0 Å². The maximum atomic E-state index is 11.5. The topological polar surface area (TPSA) is 81.7 Å². The number of aliphatic carboxylic acids is 1. The summed E-state index contributed by atoms with van der Waals surface area (Å²) in [6, 6.07) is -0.318. The molecule has 0 aliphatic carbocycles. The van der Waals surface area contributed by atoms with Crippen LogP contribution in [-0.4, -0.2) is 55.7 Å². The van der Waals surface area contributed by atoms with Gasteiger partial charge in [0.1, 0.15) is 0 Å². The van der Waals surface area contributed by atoms with E-state index in [9.17, 15) is 9.59 Å². The van der Waals surface area contributed by atoms with Crippen molar-refractivity contribution in [3.05, 3.63) is 0 Å². The largest absolute Gasteiger partial charge is 0.481 e. The number of carbonyl (C=O) groups excluding carboxylic acids is 1. The van der Waals surface area contributed by atoms with Crippen molar-refractivity contribution in [2.75, 3.05) is 33.7 Å². The van der Waals surface area contributed by atoms with Crippen molar-refractivity contribution < 1.29 is 14.7 Å². The minimum absolute atomic E-state index is 0.0772. The number of likely N-dealkylation sites (N-methyl/N-ethyl adjacent to an activating group) is 1. The van der Waals surface area contributed by atoms with Gasteiger partial charge < -0.3 is 20.6 Å². The van der Waals surface area contributed by atoms with Crippen molar-refractivity contribution in [1.82, 2.24) is 15.5 Å². The molecule has 112 valence electrons. The van der Waals surface area contributed by atoms with Crippen LogP contribution in [0.3, 0.4) is 0 Å². The van der Waals surface area contributed by atoms with Crippen LogP contribution in [0.5, 0.6) is 0 Å². The predicted octanol–water partition coefficient (Wildman–Crippen LogP) is 0.984. The molecule has 0 fully saturated rings. The molecule has 0 bridgehead atoms. The van der Waals surface area contributed by atoms with Crippen molar-refractivity contribution in [3.8, 4) is 0 Å². The normalized spacial score (nSPS) is 13.2. The van der Waals surface area contributed by atoms with E-state index in [0.717, 1.165) is 6.54 Å². The molecule has 0 rings (SSSR count). The summed E-state index contributed by atoms with van der Waals surface area (Å²) in [7, 11) is 3.84. The van der Waals surface area contributed by atoms with Gasteiger partial charge in [-0.05, 0) is 25.9 Å². The first-order valence-corrected chi connectivity index (χ1v) is 6.51. The molecule has 6 nitrogen and oxygen atoms in total. The molecule has 0 aliphatic heterocycles. The summed E-state index contributed by atoms with van der Waals surface area (Å²) in [5.41, 5.74) is -0.0772. The maximum absolute atomic E-state index is 11.5. The molecule has 0 heterocycles. The lowest BCUT2D eigenvalue weighted by atomic mass is 9.84. The predicted molar refractivity (Wildman–Crippen MR) is 75.2 cm³/mol. The van der Waals surface area contributed by atoms with E-state index < -0.39 is 11.9 Å². The molecule has 2 amide bonds. The second-order valence-corrected chi connectivity index (χ2v) is 6.24. The molecule has 0 radical (unpaired) electrons. The lowest BCUT2D eigenvalue weighted by molar-refractivity contribution is -0.142. The number of nitrogens with one attached hydrogen (secondary N) is 2. The molecule has 0 saturated carbocycles. The number of carboxylic acids is 1. The Balaban J connectivity index is 4.05. The third-order valence-electron chi connectivity index (χ3n) is 2.56. The van der Waals surface area contributed by atoms with Gasteiger partial charge in [-0.3, -0.25) is 4.79 Å². The Kier molecular flexibility index (Phi) is 7.44. The molecule has 1 unspecified atom stereocenters.